The minimum atomic E-state index is 0.597. The highest BCUT2D eigenvalue weighted by atomic mass is 35.5. The van der Waals surface area contributed by atoms with Crippen LogP contribution in [0, 0.1) is 0 Å². The van der Waals surface area contributed by atoms with Crippen LogP contribution in [-0.4, -0.2) is 12.9 Å². The summed E-state index contributed by atoms with van der Waals surface area (Å²) >= 11 is 6.01. The van der Waals surface area contributed by atoms with Crippen molar-refractivity contribution in [1.29, 1.82) is 0 Å². The molecule has 0 aliphatic carbocycles. The van der Waals surface area contributed by atoms with Gasteiger partial charge in [0.2, 0.25) is 0 Å². The molecule has 0 N–H and O–H groups in total. The van der Waals surface area contributed by atoms with Crippen molar-refractivity contribution < 1.29 is 0 Å². The van der Waals surface area contributed by atoms with E-state index in [2.05, 4.69) is 4.99 Å². The number of nitrogens with zero attached hydrogens (tertiary/aromatic N) is 2. The van der Waals surface area contributed by atoms with Crippen molar-refractivity contribution in [2.75, 3.05) is 11.6 Å². The molecule has 1 heterocycles. The molecule has 3 heteroatoms. The maximum absolute atomic E-state index is 6.01. The van der Waals surface area contributed by atoms with Gasteiger partial charge in [-0.15, -0.1) is 0 Å². The predicted molar refractivity (Wildman–Crippen MR) is 56.2 cm³/mol. The van der Waals surface area contributed by atoms with E-state index in [0.717, 1.165) is 5.69 Å². The van der Waals surface area contributed by atoms with Crippen LogP contribution in [0.4, 0.5) is 5.69 Å². The quantitative estimate of drug-likeness (QED) is 0.625. The largest absolute Gasteiger partial charge is 0.312 e. The van der Waals surface area contributed by atoms with Gasteiger partial charge in [-0.2, -0.15) is 0 Å². The maximum Gasteiger partial charge on any atom is 0.115 e. The second kappa shape index (κ2) is 3.62. The summed E-state index contributed by atoms with van der Waals surface area (Å²) in [7, 11) is 0. The highest BCUT2D eigenvalue weighted by Crippen LogP contribution is 2.21. The fraction of sp³-hybridized carbons (Fsp3) is 0.100. The van der Waals surface area contributed by atoms with Gasteiger partial charge in [0.25, 0.3) is 0 Å². The summed E-state index contributed by atoms with van der Waals surface area (Å²) < 4.78 is 0. The van der Waals surface area contributed by atoms with Crippen molar-refractivity contribution in [1.82, 2.24) is 0 Å². The lowest BCUT2D eigenvalue weighted by Crippen LogP contribution is -2.22. The second-order valence-corrected chi connectivity index (χ2v) is 3.11. The van der Waals surface area contributed by atoms with Gasteiger partial charge in [0.15, 0.2) is 0 Å². The van der Waals surface area contributed by atoms with Gasteiger partial charge in [-0.05, 0) is 18.2 Å². The van der Waals surface area contributed by atoms with E-state index in [1.807, 2.05) is 35.2 Å². The summed E-state index contributed by atoms with van der Waals surface area (Å²) in [6.45, 7) is 0.597. The summed E-state index contributed by atoms with van der Waals surface area (Å²) in [5.74, 6) is 0. The molecule has 13 heavy (non-hydrogen) atoms. The maximum atomic E-state index is 6.01. The number of hydrogen-bond acceptors (Lipinski definition) is 2. The molecule has 0 bridgehead atoms. The van der Waals surface area contributed by atoms with Gasteiger partial charge in [0.05, 0.1) is 0 Å². The molecule has 0 spiro atoms. The lowest BCUT2D eigenvalue weighted by atomic mass is 10.3. The van der Waals surface area contributed by atoms with E-state index in [0.29, 0.717) is 11.8 Å². The predicted octanol–water partition coefficient (Wildman–Crippen LogP) is 2.62. The van der Waals surface area contributed by atoms with Crippen molar-refractivity contribution in [3.05, 3.63) is 41.6 Å². The van der Waals surface area contributed by atoms with E-state index in [1.54, 1.807) is 12.3 Å². The fourth-order valence-corrected chi connectivity index (χ4v) is 1.42. The van der Waals surface area contributed by atoms with E-state index in [1.165, 1.54) is 0 Å². The van der Waals surface area contributed by atoms with E-state index < -0.39 is 0 Å². The highest BCUT2D eigenvalue weighted by Gasteiger charge is 2.09. The number of aliphatic imine (C=N–C) groups is 1. The topological polar surface area (TPSA) is 15.6 Å². The van der Waals surface area contributed by atoms with Crippen LogP contribution in [-0.2, 0) is 0 Å². The summed E-state index contributed by atoms with van der Waals surface area (Å²) in [5.41, 5.74) is 1.07. The zero-order chi connectivity index (χ0) is 9.10. The zero-order valence-corrected chi connectivity index (χ0v) is 7.78. The van der Waals surface area contributed by atoms with Crippen LogP contribution in [0.15, 0.2) is 46.6 Å². The molecule has 66 valence electrons. The summed E-state index contributed by atoms with van der Waals surface area (Å²) in [6, 6.07) is 9.97. The van der Waals surface area contributed by atoms with Crippen LogP contribution in [0.25, 0.3) is 0 Å². The Morgan fingerprint density at radius 3 is 2.69 bits per heavy atom. The average molecular weight is 193 g/mol. The summed E-state index contributed by atoms with van der Waals surface area (Å²) in [5, 5.41) is 0.709. The molecule has 1 aromatic rings. The van der Waals surface area contributed by atoms with Crippen LogP contribution < -0.4 is 4.90 Å². The Kier molecular flexibility index (Phi) is 2.32. The van der Waals surface area contributed by atoms with Gasteiger partial charge in [-0.3, -0.25) is 4.99 Å². The molecular formula is C10H9ClN2. The van der Waals surface area contributed by atoms with Gasteiger partial charge in [0.1, 0.15) is 11.8 Å². The van der Waals surface area contributed by atoms with Gasteiger partial charge in [-0.1, -0.05) is 29.8 Å². The van der Waals surface area contributed by atoms with Crippen molar-refractivity contribution in [2.24, 2.45) is 4.99 Å². The molecular weight excluding hydrogens is 184 g/mol. The van der Waals surface area contributed by atoms with Crippen LogP contribution >= 0.6 is 11.6 Å². The van der Waals surface area contributed by atoms with E-state index in [-0.39, 0.29) is 0 Å². The first-order valence-corrected chi connectivity index (χ1v) is 4.44. The monoisotopic (exact) mass is 192 g/mol. The van der Waals surface area contributed by atoms with Gasteiger partial charge < -0.3 is 4.90 Å². The Morgan fingerprint density at radius 2 is 2.00 bits per heavy atom. The molecule has 0 saturated heterocycles. The summed E-state index contributed by atoms with van der Waals surface area (Å²) in [6.07, 6.45) is 3.51. The first-order chi connectivity index (χ1) is 6.38. The van der Waals surface area contributed by atoms with E-state index in [9.17, 15) is 0 Å². The number of anilines is 1. The molecule has 1 aromatic carbocycles. The number of hydrogen-bond donors (Lipinski definition) is 0. The molecule has 0 aromatic heterocycles. The van der Waals surface area contributed by atoms with Crippen molar-refractivity contribution in [3.8, 4) is 0 Å². The second-order valence-electron chi connectivity index (χ2n) is 2.73. The normalized spacial score (nSPS) is 15.8. The van der Waals surface area contributed by atoms with Crippen LogP contribution in [0.5, 0.6) is 0 Å². The molecule has 0 saturated carbocycles. The number of rotatable bonds is 1. The van der Waals surface area contributed by atoms with E-state index in [4.69, 9.17) is 11.6 Å². The number of para-hydroxylation sites is 1. The Hall–Kier alpha value is -1.28. The van der Waals surface area contributed by atoms with Crippen molar-refractivity contribution in [3.63, 3.8) is 0 Å². The standard InChI is InChI=1S/C10H9ClN2/c11-10-6-7-12-8-13(10)9-4-2-1-3-5-9/h1-7H,8H2. The number of allylic oxidation sites excluding steroid dienone is 1. The molecule has 0 atom stereocenters. The first kappa shape index (κ1) is 8.32. The lowest BCUT2D eigenvalue weighted by molar-refractivity contribution is 0.956. The lowest BCUT2D eigenvalue weighted by Gasteiger charge is -2.23. The molecule has 1 aliphatic heterocycles. The van der Waals surface area contributed by atoms with Gasteiger partial charge >= 0.3 is 0 Å². The molecule has 2 rings (SSSR count). The highest BCUT2D eigenvalue weighted by molar-refractivity contribution is 6.32. The van der Waals surface area contributed by atoms with Crippen molar-refractivity contribution >= 4 is 23.5 Å². The van der Waals surface area contributed by atoms with Crippen LogP contribution in [0.1, 0.15) is 0 Å². The third-order valence-electron chi connectivity index (χ3n) is 1.87. The van der Waals surface area contributed by atoms with Gasteiger partial charge in [-0.25, -0.2) is 0 Å². The summed E-state index contributed by atoms with van der Waals surface area (Å²) in [4.78, 5) is 6.07. The fourth-order valence-electron chi connectivity index (χ4n) is 1.21. The average Bonchev–Trinajstić information content (AvgIpc) is 2.20. The smallest absolute Gasteiger partial charge is 0.115 e. The number of halogens is 1. The molecule has 1 aliphatic rings. The van der Waals surface area contributed by atoms with E-state index >= 15 is 0 Å². The Bertz CT molecular complexity index is 343. The number of benzene rings is 1. The first-order valence-electron chi connectivity index (χ1n) is 4.06. The molecule has 0 unspecified atom stereocenters. The minimum absolute atomic E-state index is 0.597. The Balaban J connectivity index is 2.28. The SMILES string of the molecule is ClC1=CC=NCN1c1ccccc1. The Morgan fingerprint density at radius 1 is 1.23 bits per heavy atom. The molecule has 0 radical (unpaired) electrons. The molecule has 0 fully saturated rings. The third-order valence-corrected chi connectivity index (χ3v) is 2.20. The molecule has 0 amide bonds. The minimum Gasteiger partial charge on any atom is -0.312 e. The molecule has 2 nitrogen and oxygen atoms in total. The Labute approximate surface area is 82.2 Å². The van der Waals surface area contributed by atoms with Gasteiger partial charge in [0, 0.05) is 11.9 Å². The van der Waals surface area contributed by atoms with Crippen LogP contribution in [0.2, 0.25) is 0 Å². The van der Waals surface area contributed by atoms with Crippen LogP contribution in [0.3, 0.4) is 0 Å². The zero-order valence-electron chi connectivity index (χ0n) is 7.02. The third kappa shape index (κ3) is 1.73. The van der Waals surface area contributed by atoms with Crippen molar-refractivity contribution in [2.45, 2.75) is 0 Å².